The summed E-state index contributed by atoms with van der Waals surface area (Å²) in [5.41, 5.74) is 6.29. The Morgan fingerprint density at radius 2 is 2.06 bits per heavy atom. The van der Waals surface area contributed by atoms with Gasteiger partial charge >= 0.3 is 12.3 Å². The lowest BCUT2D eigenvalue weighted by Crippen LogP contribution is -2.39. The van der Waals surface area contributed by atoms with Gasteiger partial charge in [-0.1, -0.05) is 0 Å². The fraction of sp³-hybridized carbons (Fsp3) is 0.417. The van der Waals surface area contributed by atoms with E-state index in [1.807, 2.05) is 31.3 Å². The van der Waals surface area contributed by atoms with E-state index in [2.05, 4.69) is 9.97 Å². The molecular formula is C24H25F3N4O2. The van der Waals surface area contributed by atoms with Gasteiger partial charge in [-0.2, -0.15) is 13.2 Å². The zero-order valence-electron chi connectivity index (χ0n) is 18.2. The number of H-pyrrole nitrogens is 1. The van der Waals surface area contributed by atoms with Crippen molar-refractivity contribution in [3.05, 3.63) is 52.8 Å². The van der Waals surface area contributed by atoms with Crippen LogP contribution in [0.1, 0.15) is 41.1 Å². The largest absolute Gasteiger partial charge is 0.465 e. The maximum absolute atomic E-state index is 13.1. The molecule has 9 heteroatoms. The fourth-order valence-corrected chi connectivity index (χ4v) is 5.26. The van der Waals surface area contributed by atoms with Gasteiger partial charge in [-0.25, -0.2) is 9.78 Å². The van der Waals surface area contributed by atoms with E-state index in [1.54, 1.807) is 6.20 Å². The van der Waals surface area contributed by atoms with Gasteiger partial charge in [-0.05, 0) is 72.2 Å². The van der Waals surface area contributed by atoms with Crippen LogP contribution < -0.4 is 0 Å². The Hall–Kier alpha value is -3.07. The predicted molar refractivity (Wildman–Crippen MR) is 118 cm³/mol. The van der Waals surface area contributed by atoms with E-state index < -0.39 is 18.8 Å². The molecular weight excluding hydrogens is 433 g/mol. The second-order valence-corrected chi connectivity index (χ2v) is 9.00. The first kappa shape index (κ1) is 21.8. The van der Waals surface area contributed by atoms with Crippen molar-refractivity contribution in [2.24, 2.45) is 0 Å². The van der Waals surface area contributed by atoms with E-state index in [0.29, 0.717) is 25.9 Å². The standard InChI is InChI=1S/C24H25F3N4O2/c1-14-10-28-22-19(14)9-16(11-29-22)15-7-17-12-30(13-24(25,26)27)6-4-18(17)20(8-15)21-3-2-5-31(21)23(32)33/h7-11,21H,2-6,12-13H2,1H3,(H,28,29)(H,32,33)/t21-/m0/s1. The van der Waals surface area contributed by atoms with Gasteiger partial charge in [-0.15, -0.1) is 0 Å². The summed E-state index contributed by atoms with van der Waals surface area (Å²) in [5, 5.41) is 10.7. The second-order valence-electron chi connectivity index (χ2n) is 9.00. The number of nitrogens with one attached hydrogen (secondary N) is 1. The summed E-state index contributed by atoms with van der Waals surface area (Å²) in [5.74, 6) is 0. The van der Waals surface area contributed by atoms with Crippen LogP contribution in [0, 0.1) is 6.92 Å². The Bertz CT molecular complexity index is 1220. The molecule has 0 spiro atoms. The number of fused-ring (bicyclic) bond motifs is 2. The Labute approximate surface area is 189 Å². The molecule has 4 heterocycles. The summed E-state index contributed by atoms with van der Waals surface area (Å²) in [6, 6.07) is 5.72. The number of hydrogen-bond acceptors (Lipinski definition) is 3. The molecule has 5 rings (SSSR count). The molecule has 2 aliphatic rings. The molecule has 0 bridgehead atoms. The van der Waals surface area contributed by atoms with E-state index >= 15 is 0 Å². The number of aromatic amines is 1. The first-order chi connectivity index (χ1) is 15.7. The molecule has 33 heavy (non-hydrogen) atoms. The lowest BCUT2D eigenvalue weighted by molar-refractivity contribution is -0.147. The maximum atomic E-state index is 13.1. The van der Waals surface area contributed by atoms with Crippen LogP contribution in [-0.2, 0) is 13.0 Å². The van der Waals surface area contributed by atoms with E-state index in [4.69, 9.17) is 0 Å². The number of hydrogen-bond donors (Lipinski definition) is 2. The number of carboxylic acid groups (broad SMARTS) is 1. The number of benzene rings is 1. The van der Waals surface area contributed by atoms with Gasteiger partial charge in [-0.3, -0.25) is 4.90 Å². The van der Waals surface area contributed by atoms with E-state index in [0.717, 1.165) is 50.8 Å². The lowest BCUT2D eigenvalue weighted by Gasteiger charge is -2.33. The smallest absolute Gasteiger partial charge is 0.407 e. The van der Waals surface area contributed by atoms with Gasteiger partial charge in [0.1, 0.15) is 5.65 Å². The van der Waals surface area contributed by atoms with Gasteiger partial charge in [0.05, 0.1) is 12.6 Å². The van der Waals surface area contributed by atoms with Gasteiger partial charge in [0.25, 0.3) is 0 Å². The van der Waals surface area contributed by atoms with Gasteiger partial charge in [0, 0.05) is 43.0 Å². The fourth-order valence-electron chi connectivity index (χ4n) is 5.26. The van der Waals surface area contributed by atoms with Gasteiger partial charge in [0.2, 0.25) is 0 Å². The summed E-state index contributed by atoms with van der Waals surface area (Å²) in [7, 11) is 0. The van der Waals surface area contributed by atoms with Crippen molar-refractivity contribution in [2.45, 2.75) is 44.9 Å². The highest BCUT2D eigenvalue weighted by Gasteiger charge is 2.36. The number of amides is 1. The second kappa shape index (κ2) is 8.06. The topological polar surface area (TPSA) is 72.5 Å². The normalized spacial score (nSPS) is 19.3. The van der Waals surface area contributed by atoms with Crippen molar-refractivity contribution in [3.63, 3.8) is 0 Å². The predicted octanol–water partition coefficient (Wildman–Crippen LogP) is 5.27. The van der Waals surface area contributed by atoms with Crippen molar-refractivity contribution >= 4 is 17.1 Å². The van der Waals surface area contributed by atoms with E-state index in [1.165, 1.54) is 9.80 Å². The van der Waals surface area contributed by atoms with Crippen LogP contribution in [0.2, 0.25) is 0 Å². The number of aromatic nitrogens is 2. The van der Waals surface area contributed by atoms with Gasteiger partial charge in [0.15, 0.2) is 0 Å². The van der Waals surface area contributed by atoms with Crippen LogP contribution in [-0.4, -0.2) is 56.8 Å². The number of rotatable bonds is 3. The SMILES string of the molecule is Cc1c[nH]c2ncc(-c3cc4c(c([C@@H]5CCCN5C(=O)O)c3)CCN(CC(F)(F)F)C4)cc12. The van der Waals surface area contributed by atoms with Crippen LogP contribution >= 0.6 is 0 Å². The average Bonchev–Trinajstić information content (AvgIpc) is 3.39. The molecule has 3 aromatic rings. The minimum absolute atomic E-state index is 0.189. The molecule has 1 saturated heterocycles. The molecule has 2 aromatic heterocycles. The van der Waals surface area contributed by atoms with Crippen molar-refractivity contribution in [3.8, 4) is 11.1 Å². The zero-order valence-corrected chi connectivity index (χ0v) is 18.2. The maximum Gasteiger partial charge on any atom is 0.407 e. The average molecular weight is 458 g/mol. The number of likely N-dealkylation sites (tertiary alicyclic amines) is 1. The third kappa shape index (κ3) is 4.17. The first-order valence-corrected chi connectivity index (χ1v) is 11.1. The molecule has 0 unspecified atom stereocenters. The highest BCUT2D eigenvalue weighted by atomic mass is 19.4. The number of pyridine rings is 1. The Morgan fingerprint density at radius 1 is 1.24 bits per heavy atom. The third-order valence-corrected chi connectivity index (χ3v) is 6.78. The number of carbonyl (C=O) groups is 1. The van der Waals surface area contributed by atoms with Crippen molar-refractivity contribution in [2.75, 3.05) is 19.6 Å². The molecule has 1 aromatic carbocycles. The molecule has 2 aliphatic heterocycles. The van der Waals surface area contributed by atoms with Crippen LogP contribution in [0.25, 0.3) is 22.2 Å². The van der Waals surface area contributed by atoms with Crippen molar-refractivity contribution < 1.29 is 23.1 Å². The van der Waals surface area contributed by atoms with Crippen LogP contribution in [0.3, 0.4) is 0 Å². The molecule has 0 aliphatic carbocycles. The third-order valence-electron chi connectivity index (χ3n) is 6.78. The molecule has 1 amide bonds. The molecule has 174 valence electrons. The highest BCUT2D eigenvalue weighted by Crippen LogP contribution is 2.40. The van der Waals surface area contributed by atoms with Crippen LogP contribution in [0.15, 0.2) is 30.6 Å². The molecule has 0 radical (unpaired) electrons. The number of aryl methyl sites for hydroxylation is 1. The minimum atomic E-state index is -4.26. The molecule has 0 saturated carbocycles. The molecule has 6 nitrogen and oxygen atoms in total. The lowest BCUT2D eigenvalue weighted by atomic mass is 9.86. The number of halogens is 3. The van der Waals surface area contributed by atoms with Crippen LogP contribution in [0.5, 0.6) is 0 Å². The quantitative estimate of drug-likeness (QED) is 0.561. The van der Waals surface area contributed by atoms with Gasteiger partial charge < -0.3 is 15.0 Å². The van der Waals surface area contributed by atoms with Crippen LogP contribution in [0.4, 0.5) is 18.0 Å². The summed E-state index contributed by atoms with van der Waals surface area (Å²) in [6.07, 6.45) is 0.372. The highest BCUT2D eigenvalue weighted by molar-refractivity contribution is 5.84. The molecule has 2 N–H and O–H groups in total. The minimum Gasteiger partial charge on any atom is -0.465 e. The van der Waals surface area contributed by atoms with E-state index in [9.17, 15) is 23.1 Å². The molecule has 1 atom stereocenters. The summed E-state index contributed by atoms with van der Waals surface area (Å²) >= 11 is 0. The Kier molecular flexibility index (Phi) is 5.31. The Morgan fingerprint density at radius 3 is 2.82 bits per heavy atom. The Balaban J connectivity index is 1.61. The van der Waals surface area contributed by atoms with Crippen molar-refractivity contribution in [1.82, 2.24) is 19.8 Å². The summed E-state index contributed by atoms with van der Waals surface area (Å²) in [4.78, 5) is 22.3. The number of nitrogens with zero attached hydrogens (tertiary/aromatic N) is 3. The monoisotopic (exact) mass is 458 g/mol. The zero-order chi connectivity index (χ0) is 23.3. The first-order valence-electron chi connectivity index (χ1n) is 11.1. The number of alkyl halides is 3. The summed E-state index contributed by atoms with van der Waals surface area (Å²) < 4.78 is 39.2. The van der Waals surface area contributed by atoms with Crippen molar-refractivity contribution in [1.29, 1.82) is 0 Å². The molecule has 1 fully saturated rings. The summed E-state index contributed by atoms with van der Waals surface area (Å²) in [6.45, 7) is 1.99. The van der Waals surface area contributed by atoms with E-state index in [-0.39, 0.29) is 12.6 Å².